The van der Waals surface area contributed by atoms with Crippen molar-refractivity contribution in [3.63, 3.8) is 0 Å². The number of amidine groups is 1. The summed E-state index contributed by atoms with van der Waals surface area (Å²) >= 11 is 1.23. The number of halogens is 2. The summed E-state index contributed by atoms with van der Waals surface area (Å²) in [6.45, 7) is 3.70. The molecule has 4 heterocycles. The third-order valence-corrected chi connectivity index (χ3v) is 8.04. The molecule has 0 spiro atoms. The minimum absolute atomic E-state index is 0.0148. The van der Waals surface area contributed by atoms with Crippen LogP contribution in [0.2, 0.25) is 0 Å². The number of terminal acetylenes is 1. The van der Waals surface area contributed by atoms with Gasteiger partial charge in [0.15, 0.2) is 17.6 Å². The Bertz CT molecular complexity index is 1320. The molecule has 1 amide bonds. The molecule has 2 aromatic heterocycles. The number of thioether (sulfide) groups is 1. The van der Waals surface area contributed by atoms with Gasteiger partial charge < -0.3 is 20.1 Å². The van der Waals surface area contributed by atoms with Crippen LogP contribution in [0.4, 0.5) is 8.78 Å². The van der Waals surface area contributed by atoms with Gasteiger partial charge in [-0.05, 0) is 31.1 Å². The summed E-state index contributed by atoms with van der Waals surface area (Å²) < 4.78 is 39.7. The molecule has 2 aromatic rings. The molecule has 0 bridgehead atoms. The van der Waals surface area contributed by atoms with E-state index in [2.05, 4.69) is 25.9 Å². The van der Waals surface area contributed by atoms with Gasteiger partial charge in [0.05, 0.1) is 31.1 Å². The Balaban J connectivity index is 1.43. The second kappa shape index (κ2) is 9.72. The molecular weight excluding hydrogens is 502 g/mol. The minimum Gasteiger partial charge on any atom is -0.463 e. The van der Waals surface area contributed by atoms with E-state index >= 15 is 4.39 Å². The lowest BCUT2D eigenvalue weighted by Crippen LogP contribution is -2.49. The SMILES string of the molecule is C#CCOc1cnc(/C(F)=C/c2cnc(F)c([C@@]3(C)N=C(N)S[C@@]4(C(=O)N5CCOCC5)CC43)c2)cn1. The summed E-state index contributed by atoms with van der Waals surface area (Å²) in [7, 11) is 0. The van der Waals surface area contributed by atoms with Crippen molar-refractivity contribution in [2.45, 2.75) is 23.6 Å². The summed E-state index contributed by atoms with van der Waals surface area (Å²) in [5.41, 5.74) is 5.42. The molecule has 1 unspecified atom stereocenters. The molecule has 37 heavy (non-hydrogen) atoms. The largest absolute Gasteiger partial charge is 0.463 e. The quantitative estimate of drug-likeness (QED) is 0.451. The predicted molar refractivity (Wildman–Crippen MR) is 134 cm³/mol. The van der Waals surface area contributed by atoms with Gasteiger partial charge in [0.2, 0.25) is 17.7 Å². The monoisotopic (exact) mass is 526 g/mol. The Morgan fingerprint density at radius 1 is 1.35 bits per heavy atom. The summed E-state index contributed by atoms with van der Waals surface area (Å²) in [5, 5.41) is 0.201. The number of rotatable bonds is 6. The number of aliphatic imine (C=N–C) groups is 1. The standard InChI is InChI=1S/C25H24F2N6O3S/c1-3-6-36-20-14-29-18(13-30-20)17(26)10-15-9-16(21(27)31-12-15)24(2)19-11-25(19,37-23(28)32-24)22(34)33-4-7-35-8-5-33/h1,9-10,12-14,19H,4-8,11H2,2H3,(H2,28,32)/b17-10-/t19?,24-,25+/m1/s1. The van der Waals surface area contributed by atoms with Crippen LogP contribution in [0.5, 0.6) is 5.88 Å². The van der Waals surface area contributed by atoms with Crippen molar-refractivity contribution in [3.05, 3.63) is 47.4 Å². The van der Waals surface area contributed by atoms with Crippen LogP contribution in [-0.4, -0.2) is 68.6 Å². The molecule has 3 atom stereocenters. The molecule has 1 saturated heterocycles. The Kier molecular flexibility index (Phi) is 6.59. The van der Waals surface area contributed by atoms with Crippen molar-refractivity contribution < 1.29 is 23.0 Å². The van der Waals surface area contributed by atoms with E-state index in [1.54, 1.807) is 11.8 Å². The molecule has 2 N–H and O–H groups in total. The molecule has 1 aliphatic carbocycles. The number of hydrogen-bond acceptors (Lipinski definition) is 9. The Morgan fingerprint density at radius 3 is 2.84 bits per heavy atom. The van der Waals surface area contributed by atoms with E-state index in [9.17, 15) is 9.18 Å². The second-order valence-electron chi connectivity index (χ2n) is 9.08. The smallest absolute Gasteiger partial charge is 0.239 e. The molecule has 192 valence electrons. The summed E-state index contributed by atoms with van der Waals surface area (Å²) in [6, 6.07) is 1.48. The minimum atomic E-state index is -1.15. The molecule has 2 aliphatic heterocycles. The van der Waals surface area contributed by atoms with E-state index in [-0.39, 0.29) is 40.7 Å². The summed E-state index contributed by atoms with van der Waals surface area (Å²) in [6.07, 6.45) is 10.5. The topological polar surface area (TPSA) is 116 Å². The number of morpholine rings is 1. The summed E-state index contributed by atoms with van der Waals surface area (Å²) in [4.78, 5) is 31.6. The molecule has 0 radical (unpaired) electrons. The van der Waals surface area contributed by atoms with Crippen molar-refractivity contribution in [2.24, 2.45) is 16.6 Å². The lowest BCUT2D eigenvalue weighted by Gasteiger charge is -2.36. The maximum atomic E-state index is 15.1. The molecule has 5 rings (SSSR count). The van der Waals surface area contributed by atoms with Crippen molar-refractivity contribution in [1.82, 2.24) is 19.9 Å². The number of carbonyl (C=O) groups excluding carboxylic acids is 1. The highest BCUT2D eigenvalue weighted by molar-refractivity contribution is 8.15. The molecule has 2 fully saturated rings. The van der Waals surface area contributed by atoms with Crippen molar-refractivity contribution in [1.29, 1.82) is 0 Å². The van der Waals surface area contributed by atoms with E-state index in [0.29, 0.717) is 38.3 Å². The third kappa shape index (κ3) is 4.65. The van der Waals surface area contributed by atoms with Crippen LogP contribution in [0.3, 0.4) is 0 Å². The molecular formula is C25H24F2N6O3S. The van der Waals surface area contributed by atoms with Gasteiger partial charge in [-0.2, -0.15) is 4.39 Å². The van der Waals surface area contributed by atoms with Gasteiger partial charge in [0, 0.05) is 30.8 Å². The highest BCUT2D eigenvalue weighted by Crippen LogP contribution is 2.66. The van der Waals surface area contributed by atoms with Gasteiger partial charge in [0.25, 0.3) is 0 Å². The number of nitrogens with two attached hydrogens (primary N) is 1. The fourth-order valence-electron chi connectivity index (χ4n) is 4.84. The fraction of sp³-hybridized carbons (Fsp3) is 0.400. The van der Waals surface area contributed by atoms with Crippen LogP contribution in [0, 0.1) is 24.2 Å². The number of fused-ring (bicyclic) bond motifs is 1. The lowest BCUT2D eigenvalue weighted by atomic mass is 9.86. The first kappa shape index (κ1) is 25.1. The van der Waals surface area contributed by atoms with Crippen LogP contribution in [-0.2, 0) is 15.1 Å². The highest BCUT2D eigenvalue weighted by atomic mass is 32.2. The molecule has 9 nitrogen and oxygen atoms in total. The van der Waals surface area contributed by atoms with Gasteiger partial charge >= 0.3 is 0 Å². The normalized spacial score (nSPS) is 27.1. The first-order valence-corrected chi connectivity index (χ1v) is 12.4. The zero-order chi connectivity index (χ0) is 26.2. The first-order chi connectivity index (χ1) is 17.8. The van der Waals surface area contributed by atoms with Crippen LogP contribution in [0.25, 0.3) is 11.9 Å². The average Bonchev–Trinajstić information content (AvgIpc) is 3.65. The van der Waals surface area contributed by atoms with Gasteiger partial charge in [-0.3, -0.25) is 9.79 Å². The number of ether oxygens (including phenoxy) is 2. The predicted octanol–water partition coefficient (Wildman–Crippen LogP) is 2.38. The van der Waals surface area contributed by atoms with Crippen LogP contribution < -0.4 is 10.5 Å². The van der Waals surface area contributed by atoms with Crippen molar-refractivity contribution >= 4 is 34.7 Å². The zero-order valence-corrected chi connectivity index (χ0v) is 20.8. The Morgan fingerprint density at radius 2 is 2.14 bits per heavy atom. The zero-order valence-electron chi connectivity index (χ0n) is 20.0. The van der Waals surface area contributed by atoms with Crippen molar-refractivity contribution in [3.8, 4) is 18.2 Å². The number of pyridine rings is 1. The third-order valence-electron chi connectivity index (χ3n) is 6.75. The number of hydrogen-bond donors (Lipinski definition) is 1. The number of nitrogens with zero attached hydrogens (tertiary/aromatic N) is 5. The average molecular weight is 527 g/mol. The van der Waals surface area contributed by atoms with Crippen molar-refractivity contribution in [2.75, 3.05) is 32.9 Å². The van der Waals surface area contributed by atoms with Gasteiger partial charge in [-0.25, -0.2) is 19.3 Å². The highest BCUT2D eigenvalue weighted by Gasteiger charge is 2.71. The molecule has 0 aromatic carbocycles. The second-order valence-corrected chi connectivity index (χ2v) is 10.4. The van der Waals surface area contributed by atoms with E-state index < -0.39 is 22.1 Å². The van der Waals surface area contributed by atoms with E-state index in [4.69, 9.17) is 21.6 Å². The van der Waals surface area contributed by atoms with E-state index in [1.165, 1.54) is 42.5 Å². The van der Waals surface area contributed by atoms with Crippen LogP contribution in [0.15, 0.2) is 29.6 Å². The van der Waals surface area contributed by atoms with Crippen LogP contribution in [0.1, 0.15) is 30.2 Å². The first-order valence-electron chi connectivity index (χ1n) is 11.6. The van der Waals surface area contributed by atoms with E-state index in [1.807, 2.05) is 0 Å². The number of aromatic nitrogens is 3. The van der Waals surface area contributed by atoms with Gasteiger partial charge in [-0.15, -0.1) is 6.42 Å². The maximum absolute atomic E-state index is 15.1. The lowest BCUT2D eigenvalue weighted by molar-refractivity contribution is -0.135. The number of amides is 1. The maximum Gasteiger partial charge on any atom is 0.239 e. The number of carbonyl (C=O) groups is 1. The van der Waals surface area contributed by atoms with Crippen LogP contribution >= 0.6 is 11.8 Å². The summed E-state index contributed by atoms with van der Waals surface area (Å²) in [5.74, 6) is 0.673. The molecule has 1 saturated carbocycles. The van der Waals surface area contributed by atoms with Gasteiger partial charge in [-0.1, -0.05) is 17.7 Å². The fourth-order valence-corrected chi connectivity index (χ4v) is 6.28. The Hall–Kier alpha value is -3.56. The van der Waals surface area contributed by atoms with Gasteiger partial charge in [0.1, 0.15) is 10.4 Å². The molecule has 3 aliphatic rings. The van der Waals surface area contributed by atoms with E-state index in [0.717, 1.165) is 0 Å². The Labute approximate surface area is 216 Å². The molecule has 12 heteroatoms.